The molecule has 0 spiro atoms. The molecule has 0 amide bonds. The van der Waals surface area contributed by atoms with Gasteiger partial charge in [0, 0.05) is 0 Å². The van der Waals surface area contributed by atoms with Crippen LogP contribution in [0.4, 0.5) is 0 Å². The maximum Gasteiger partial charge on any atom is -0.0181 e. The second kappa shape index (κ2) is 1.73. The van der Waals surface area contributed by atoms with Gasteiger partial charge < -0.3 is 0 Å². The average molecular weight is 178 g/mol. The summed E-state index contributed by atoms with van der Waals surface area (Å²) in [7, 11) is 0. The van der Waals surface area contributed by atoms with Crippen LogP contribution in [0.1, 0.15) is 47.5 Å². The fraction of sp³-hybridized carbons (Fsp3) is 1.00. The van der Waals surface area contributed by atoms with Crippen molar-refractivity contribution in [2.24, 2.45) is 34.0 Å². The van der Waals surface area contributed by atoms with Crippen molar-refractivity contribution >= 4 is 0 Å². The molecule has 3 rings (SSSR count). The van der Waals surface area contributed by atoms with E-state index < -0.39 is 0 Å². The number of rotatable bonds is 0. The van der Waals surface area contributed by atoms with E-state index in [1.165, 1.54) is 12.8 Å². The molecule has 74 valence electrons. The van der Waals surface area contributed by atoms with Gasteiger partial charge in [0.2, 0.25) is 0 Å². The molecule has 13 heavy (non-hydrogen) atoms. The Bertz CT molecular complexity index is 262. The van der Waals surface area contributed by atoms with E-state index in [0.717, 1.165) is 23.2 Å². The molecule has 5 unspecified atom stereocenters. The van der Waals surface area contributed by atoms with Gasteiger partial charge >= 0.3 is 0 Å². The minimum absolute atomic E-state index is 0.601. The summed E-state index contributed by atoms with van der Waals surface area (Å²) in [5, 5.41) is 0. The molecular formula is C13H22. The molecule has 0 aromatic rings. The van der Waals surface area contributed by atoms with E-state index in [9.17, 15) is 0 Å². The average Bonchev–Trinajstić information content (AvgIpc) is 2.08. The van der Waals surface area contributed by atoms with Crippen LogP contribution in [0.3, 0.4) is 0 Å². The van der Waals surface area contributed by atoms with Crippen molar-refractivity contribution in [1.29, 1.82) is 0 Å². The second-order valence-corrected chi connectivity index (χ2v) is 6.80. The smallest absolute Gasteiger partial charge is 0.0181 e. The Hall–Kier alpha value is 0. The third-order valence-corrected chi connectivity index (χ3v) is 7.10. The Balaban J connectivity index is 2.03. The highest BCUT2D eigenvalue weighted by Gasteiger charge is 2.83. The van der Waals surface area contributed by atoms with E-state index in [1.807, 2.05) is 0 Å². The molecular weight excluding hydrogens is 156 g/mol. The van der Waals surface area contributed by atoms with E-state index in [2.05, 4.69) is 34.6 Å². The van der Waals surface area contributed by atoms with Crippen LogP contribution in [0, 0.1) is 34.0 Å². The van der Waals surface area contributed by atoms with Gasteiger partial charge in [0.25, 0.3) is 0 Å². The zero-order chi connectivity index (χ0) is 9.65. The molecule has 0 N–H and O–H groups in total. The molecule has 3 saturated carbocycles. The van der Waals surface area contributed by atoms with Crippen LogP contribution < -0.4 is 0 Å². The largest absolute Gasteiger partial charge is 0.0617 e. The van der Waals surface area contributed by atoms with E-state index >= 15 is 0 Å². The minimum Gasteiger partial charge on any atom is -0.0617 e. The zero-order valence-corrected chi connectivity index (χ0v) is 9.65. The highest BCUT2D eigenvalue weighted by Crippen LogP contribution is 2.88. The lowest BCUT2D eigenvalue weighted by molar-refractivity contribution is -0.403. The Labute approximate surface area is 82.1 Å². The zero-order valence-electron chi connectivity index (χ0n) is 9.65. The van der Waals surface area contributed by atoms with Crippen molar-refractivity contribution in [2.75, 3.05) is 0 Å². The second-order valence-electron chi connectivity index (χ2n) is 6.80. The molecule has 0 nitrogen and oxygen atoms in total. The van der Waals surface area contributed by atoms with Gasteiger partial charge in [0.05, 0.1) is 0 Å². The summed E-state index contributed by atoms with van der Waals surface area (Å²) in [5.41, 5.74) is 2.01. The SMILES string of the molecule is CC1C2C3CCC3(C)C2(C)C1(C)C. The molecule has 3 fully saturated rings. The molecule has 0 aromatic carbocycles. The molecule has 0 bridgehead atoms. The predicted molar refractivity (Wildman–Crippen MR) is 55.4 cm³/mol. The first-order valence-electron chi connectivity index (χ1n) is 5.87. The molecule has 0 aliphatic heterocycles. The molecule has 0 heteroatoms. The van der Waals surface area contributed by atoms with Crippen LogP contribution in [-0.2, 0) is 0 Å². The fourth-order valence-electron chi connectivity index (χ4n) is 5.49. The number of fused-ring (bicyclic) bond motifs is 4. The van der Waals surface area contributed by atoms with Crippen molar-refractivity contribution in [3.05, 3.63) is 0 Å². The minimum atomic E-state index is 0.601. The predicted octanol–water partition coefficient (Wildman–Crippen LogP) is 3.71. The van der Waals surface area contributed by atoms with Gasteiger partial charge in [0.15, 0.2) is 0 Å². The van der Waals surface area contributed by atoms with Crippen LogP contribution in [0.25, 0.3) is 0 Å². The maximum atomic E-state index is 2.56. The van der Waals surface area contributed by atoms with E-state index in [-0.39, 0.29) is 0 Å². The van der Waals surface area contributed by atoms with Gasteiger partial charge in [-0.05, 0) is 46.8 Å². The summed E-state index contributed by atoms with van der Waals surface area (Å²) < 4.78 is 0. The summed E-state index contributed by atoms with van der Waals surface area (Å²) in [6.07, 6.45) is 3.03. The Kier molecular flexibility index (Phi) is 1.10. The summed E-state index contributed by atoms with van der Waals surface area (Å²) in [6.45, 7) is 12.6. The summed E-state index contributed by atoms with van der Waals surface area (Å²) >= 11 is 0. The van der Waals surface area contributed by atoms with Crippen molar-refractivity contribution in [3.8, 4) is 0 Å². The lowest BCUT2D eigenvalue weighted by Gasteiger charge is -2.88. The van der Waals surface area contributed by atoms with Crippen LogP contribution in [0.5, 0.6) is 0 Å². The van der Waals surface area contributed by atoms with Crippen LogP contribution in [0.15, 0.2) is 0 Å². The van der Waals surface area contributed by atoms with E-state index in [1.54, 1.807) is 0 Å². The summed E-state index contributed by atoms with van der Waals surface area (Å²) in [6, 6.07) is 0. The molecule has 0 aromatic heterocycles. The van der Waals surface area contributed by atoms with Gasteiger partial charge in [-0.15, -0.1) is 0 Å². The van der Waals surface area contributed by atoms with E-state index in [0.29, 0.717) is 10.8 Å². The topological polar surface area (TPSA) is 0 Å². The van der Waals surface area contributed by atoms with Gasteiger partial charge in [0.1, 0.15) is 0 Å². The first-order chi connectivity index (χ1) is 5.87. The van der Waals surface area contributed by atoms with Gasteiger partial charge in [-0.3, -0.25) is 0 Å². The van der Waals surface area contributed by atoms with E-state index in [4.69, 9.17) is 0 Å². The van der Waals surface area contributed by atoms with Crippen LogP contribution in [-0.4, -0.2) is 0 Å². The standard InChI is InChI=1S/C13H22/c1-8-10-9-6-7-12(9,4)13(10,5)11(8,2)3/h8-10H,6-7H2,1-5H3. The molecule has 0 saturated heterocycles. The Morgan fingerprint density at radius 3 is 2.08 bits per heavy atom. The highest BCUT2D eigenvalue weighted by atomic mass is 14.9. The maximum absolute atomic E-state index is 2.56. The third-order valence-electron chi connectivity index (χ3n) is 7.10. The first-order valence-corrected chi connectivity index (χ1v) is 5.87. The number of hydrogen-bond donors (Lipinski definition) is 0. The quantitative estimate of drug-likeness (QED) is 0.530. The molecule has 0 heterocycles. The molecule has 0 radical (unpaired) electrons. The molecule has 3 aliphatic carbocycles. The van der Waals surface area contributed by atoms with Crippen molar-refractivity contribution < 1.29 is 0 Å². The van der Waals surface area contributed by atoms with Crippen molar-refractivity contribution in [3.63, 3.8) is 0 Å². The summed E-state index contributed by atoms with van der Waals surface area (Å²) in [5.74, 6) is 3.14. The summed E-state index contributed by atoms with van der Waals surface area (Å²) in [4.78, 5) is 0. The molecule has 5 atom stereocenters. The normalized spacial score (nSPS) is 66.7. The van der Waals surface area contributed by atoms with Crippen LogP contribution >= 0.6 is 0 Å². The fourth-order valence-corrected chi connectivity index (χ4v) is 5.49. The lowest BCUT2D eigenvalue weighted by Crippen LogP contribution is -2.82. The highest BCUT2D eigenvalue weighted by molar-refractivity contribution is 5.30. The van der Waals surface area contributed by atoms with Crippen LogP contribution in [0.2, 0.25) is 0 Å². The van der Waals surface area contributed by atoms with Crippen molar-refractivity contribution in [1.82, 2.24) is 0 Å². The van der Waals surface area contributed by atoms with Gasteiger partial charge in [-0.1, -0.05) is 34.6 Å². The van der Waals surface area contributed by atoms with Gasteiger partial charge in [-0.2, -0.15) is 0 Å². The Morgan fingerprint density at radius 1 is 1.08 bits per heavy atom. The first kappa shape index (κ1) is 8.32. The Morgan fingerprint density at radius 2 is 1.69 bits per heavy atom. The van der Waals surface area contributed by atoms with Crippen molar-refractivity contribution in [2.45, 2.75) is 47.5 Å². The third kappa shape index (κ3) is 0.480. The number of hydrogen-bond acceptors (Lipinski definition) is 0. The monoisotopic (exact) mass is 178 g/mol. The lowest BCUT2D eigenvalue weighted by atomic mass is 9.16. The van der Waals surface area contributed by atoms with Gasteiger partial charge in [-0.25, -0.2) is 0 Å². The molecule has 3 aliphatic rings.